The van der Waals surface area contributed by atoms with Crippen LogP contribution in [0.2, 0.25) is 0 Å². The Bertz CT molecular complexity index is 1070. The van der Waals surface area contributed by atoms with Gasteiger partial charge in [0.1, 0.15) is 0 Å². The first-order chi connectivity index (χ1) is 12.1. The summed E-state index contributed by atoms with van der Waals surface area (Å²) in [6, 6.07) is 13.9. The standard InChI is InChI=1S/C20H14N2O3/c1-2-11-22-12-16(13-7-4-6-10-17(13)22)20(25)15-9-5-3-8-14(15)18(23)21-19(20)24/h1,3-10,12,25H,11H2,(H,21,23,24). The van der Waals surface area contributed by atoms with Gasteiger partial charge in [-0.05, 0) is 12.1 Å². The zero-order valence-corrected chi connectivity index (χ0v) is 13.2. The van der Waals surface area contributed by atoms with Gasteiger partial charge in [0, 0.05) is 33.8 Å². The summed E-state index contributed by atoms with van der Waals surface area (Å²) in [6.45, 7) is 0.304. The third-order valence-corrected chi connectivity index (χ3v) is 4.56. The summed E-state index contributed by atoms with van der Waals surface area (Å²) in [5, 5.41) is 14.4. The van der Waals surface area contributed by atoms with E-state index in [1.54, 1.807) is 35.0 Å². The highest BCUT2D eigenvalue weighted by atomic mass is 16.3. The van der Waals surface area contributed by atoms with Crippen LogP contribution in [0.4, 0.5) is 0 Å². The van der Waals surface area contributed by atoms with Gasteiger partial charge in [-0.3, -0.25) is 14.9 Å². The molecule has 0 bridgehead atoms. The van der Waals surface area contributed by atoms with Gasteiger partial charge in [0.05, 0.1) is 6.54 Å². The number of terminal acetylenes is 1. The van der Waals surface area contributed by atoms with E-state index in [2.05, 4.69) is 11.2 Å². The fourth-order valence-electron chi connectivity index (χ4n) is 3.41. The molecule has 2 amide bonds. The number of nitrogens with one attached hydrogen (secondary N) is 1. The highest BCUT2D eigenvalue weighted by Crippen LogP contribution is 2.39. The van der Waals surface area contributed by atoms with Crippen LogP contribution in [-0.4, -0.2) is 21.5 Å². The number of para-hydroxylation sites is 1. The molecule has 122 valence electrons. The molecule has 0 spiro atoms. The lowest BCUT2D eigenvalue weighted by molar-refractivity contribution is -0.136. The average molecular weight is 330 g/mol. The topological polar surface area (TPSA) is 71.3 Å². The number of rotatable bonds is 2. The summed E-state index contributed by atoms with van der Waals surface area (Å²) in [7, 11) is 0. The number of hydrogen-bond donors (Lipinski definition) is 2. The summed E-state index contributed by atoms with van der Waals surface area (Å²) in [5.74, 6) is 1.29. The van der Waals surface area contributed by atoms with Crippen molar-refractivity contribution in [3.05, 3.63) is 71.4 Å². The molecule has 1 aliphatic rings. The van der Waals surface area contributed by atoms with Gasteiger partial charge in [-0.2, -0.15) is 0 Å². The summed E-state index contributed by atoms with van der Waals surface area (Å²) in [6.07, 6.45) is 7.11. The van der Waals surface area contributed by atoms with E-state index >= 15 is 0 Å². The van der Waals surface area contributed by atoms with Gasteiger partial charge >= 0.3 is 0 Å². The Kier molecular flexibility index (Phi) is 3.24. The minimum atomic E-state index is -1.97. The first-order valence-electron chi connectivity index (χ1n) is 7.77. The molecule has 1 aromatic heterocycles. The molecule has 2 heterocycles. The molecule has 1 atom stereocenters. The Morgan fingerprint density at radius 3 is 2.60 bits per heavy atom. The molecule has 1 unspecified atom stereocenters. The lowest BCUT2D eigenvalue weighted by Crippen LogP contribution is -2.52. The predicted molar refractivity (Wildman–Crippen MR) is 92.7 cm³/mol. The second kappa shape index (κ2) is 5.33. The normalized spacial score (nSPS) is 19.4. The largest absolute Gasteiger partial charge is 0.372 e. The smallest absolute Gasteiger partial charge is 0.268 e. The lowest BCUT2D eigenvalue weighted by Gasteiger charge is -2.32. The summed E-state index contributed by atoms with van der Waals surface area (Å²) in [5.41, 5.74) is -0.211. The molecule has 0 radical (unpaired) electrons. The van der Waals surface area contributed by atoms with Crippen LogP contribution < -0.4 is 5.32 Å². The van der Waals surface area contributed by atoms with Crippen LogP contribution in [0.3, 0.4) is 0 Å². The van der Waals surface area contributed by atoms with E-state index in [1.807, 2.05) is 24.3 Å². The van der Waals surface area contributed by atoms with E-state index in [0.29, 0.717) is 17.5 Å². The van der Waals surface area contributed by atoms with Crippen LogP contribution in [-0.2, 0) is 16.9 Å². The Morgan fingerprint density at radius 2 is 1.80 bits per heavy atom. The number of amides is 2. The molecular weight excluding hydrogens is 316 g/mol. The summed E-state index contributed by atoms with van der Waals surface area (Å²) < 4.78 is 1.80. The van der Waals surface area contributed by atoms with Crippen molar-refractivity contribution >= 4 is 22.7 Å². The van der Waals surface area contributed by atoms with Crippen molar-refractivity contribution in [1.29, 1.82) is 0 Å². The van der Waals surface area contributed by atoms with E-state index < -0.39 is 17.4 Å². The molecule has 1 aliphatic heterocycles. The molecule has 5 nitrogen and oxygen atoms in total. The van der Waals surface area contributed by atoms with E-state index in [-0.39, 0.29) is 11.1 Å². The number of aliphatic hydroxyl groups is 1. The summed E-state index contributed by atoms with van der Waals surface area (Å²) in [4.78, 5) is 24.8. The molecule has 0 aliphatic carbocycles. The number of fused-ring (bicyclic) bond motifs is 2. The van der Waals surface area contributed by atoms with Gasteiger partial charge < -0.3 is 9.67 Å². The first kappa shape index (κ1) is 15.2. The maximum Gasteiger partial charge on any atom is 0.268 e. The molecule has 0 fully saturated rings. The molecule has 5 heteroatoms. The van der Waals surface area contributed by atoms with Crippen LogP contribution in [0.15, 0.2) is 54.7 Å². The zero-order chi connectivity index (χ0) is 17.6. The third kappa shape index (κ3) is 2.02. The predicted octanol–water partition coefficient (Wildman–Crippen LogP) is 1.78. The molecule has 3 aromatic rings. The number of benzene rings is 2. The second-order valence-corrected chi connectivity index (χ2v) is 5.93. The quantitative estimate of drug-likeness (QED) is 0.556. The monoisotopic (exact) mass is 330 g/mol. The van der Waals surface area contributed by atoms with Gasteiger partial charge in [0.2, 0.25) is 0 Å². The van der Waals surface area contributed by atoms with Gasteiger partial charge in [0.15, 0.2) is 5.60 Å². The van der Waals surface area contributed by atoms with Crippen molar-refractivity contribution in [2.75, 3.05) is 0 Å². The second-order valence-electron chi connectivity index (χ2n) is 5.93. The Morgan fingerprint density at radius 1 is 1.08 bits per heavy atom. The van der Waals surface area contributed by atoms with E-state index in [9.17, 15) is 14.7 Å². The van der Waals surface area contributed by atoms with Crippen LogP contribution in [0.1, 0.15) is 21.5 Å². The molecule has 25 heavy (non-hydrogen) atoms. The van der Waals surface area contributed by atoms with Crippen LogP contribution in [0, 0.1) is 12.3 Å². The molecule has 0 saturated carbocycles. The van der Waals surface area contributed by atoms with E-state index in [0.717, 1.165) is 5.52 Å². The van der Waals surface area contributed by atoms with E-state index in [1.165, 1.54) is 0 Å². The number of nitrogens with zero attached hydrogens (tertiary/aromatic N) is 1. The Hall–Kier alpha value is -3.36. The maximum absolute atomic E-state index is 12.7. The van der Waals surface area contributed by atoms with Gasteiger partial charge in [-0.1, -0.05) is 42.3 Å². The van der Waals surface area contributed by atoms with Gasteiger partial charge in [-0.25, -0.2) is 0 Å². The van der Waals surface area contributed by atoms with Crippen molar-refractivity contribution in [3.63, 3.8) is 0 Å². The molecule has 2 N–H and O–H groups in total. The Labute approximate surface area is 143 Å². The first-order valence-corrected chi connectivity index (χ1v) is 7.77. The number of hydrogen-bond acceptors (Lipinski definition) is 3. The van der Waals surface area contributed by atoms with Crippen molar-refractivity contribution in [2.45, 2.75) is 12.1 Å². The van der Waals surface area contributed by atoms with Crippen LogP contribution >= 0.6 is 0 Å². The molecule has 0 saturated heterocycles. The van der Waals surface area contributed by atoms with Crippen molar-refractivity contribution in [2.24, 2.45) is 0 Å². The Balaban J connectivity index is 2.06. The number of imide groups is 1. The average Bonchev–Trinajstić information content (AvgIpc) is 3.00. The van der Waals surface area contributed by atoms with Gasteiger partial charge in [-0.15, -0.1) is 6.42 Å². The number of carbonyl (C=O) groups excluding carboxylic acids is 2. The minimum Gasteiger partial charge on any atom is -0.372 e. The lowest BCUT2D eigenvalue weighted by atomic mass is 9.80. The van der Waals surface area contributed by atoms with E-state index in [4.69, 9.17) is 6.42 Å². The fourth-order valence-corrected chi connectivity index (χ4v) is 3.41. The highest BCUT2D eigenvalue weighted by Gasteiger charge is 2.48. The zero-order valence-electron chi connectivity index (χ0n) is 13.2. The number of carbonyl (C=O) groups is 2. The fraction of sp³-hybridized carbons (Fsp3) is 0.100. The molecule has 4 rings (SSSR count). The van der Waals surface area contributed by atoms with Crippen molar-refractivity contribution in [3.8, 4) is 12.3 Å². The van der Waals surface area contributed by atoms with Crippen LogP contribution in [0.25, 0.3) is 10.9 Å². The van der Waals surface area contributed by atoms with Crippen LogP contribution in [0.5, 0.6) is 0 Å². The highest BCUT2D eigenvalue weighted by molar-refractivity contribution is 6.14. The maximum atomic E-state index is 12.7. The third-order valence-electron chi connectivity index (χ3n) is 4.56. The van der Waals surface area contributed by atoms with Crippen molar-refractivity contribution < 1.29 is 14.7 Å². The molecular formula is C20H14N2O3. The minimum absolute atomic E-state index is 0.271. The number of aromatic nitrogens is 1. The molecule has 2 aromatic carbocycles. The van der Waals surface area contributed by atoms with Gasteiger partial charge in [0.25, 0.3) is 11.8 Å². The summed E-state index contributed by atoms with van der Waals surface area (Å²) >= 11 is 0. The SMILES string of the molecule is C#CCn1cc(C2(O)C(=O)NC(=O)c3ccccc32)c2ccccc21. The van der Waals surface area contributed by atoms with Crippen molar-refractivity contribution in [1.82, 2.24) is 9.88 Å².